The molecular weight excluding hydrogens is 222 g/mol. The third-order valence-corrected chi connectivity index (χ3v) is 3.94. The van der Waals surface area contributed by atoms with Crippen molar-refractivity contribution in [3.63, 3.8) is 0 Å². The quantitative estimate of drug-likeness (QED) is 0.876. The zero-order valence-corrected chi connectivity index (χ0v) is 10.8. The summed E-state index contributed by atoms with van der Waals surface area (Å²) in [6.07, 6.45) is 5.08. The van der Waals surface area contributed by atoms with Crippen LogP contribution in [0.5, 0.6) is 0 Å². The predicted octanol–water partition coefficient (Wildman–Crippen LogP) is 3.33. The van der Waals surface area contributed by atoms with E-state index in [4.69, 9.17) is 10.7 Å². The zero-order chi connectivity index (χ0) is 12.5. The Labute approximate surface area is 108 Å². The molecule has 94 valence electrons. The molecule has 1 fully saturated rings. The van der Waals surface area contributed by atoms with E-state index in [1.807, 2.05) is 29.8 Å². The molecule has 1 aromatic carbocycles. The Bertz CT molecular complexity index is 536. The van der Waals surface area contributed by atoms with Gasteiger partial charge in [0.1, 0.15) is 11.6 Å². The molecule has 0 bridgehead atoms. The number of aromatic nitrogens is 2. The first-order chi connectivity index (χ1) is 8.77. The lowest BCUT2D eigenvalue weighted by Crippen LogP contribution is -2.02. The topological polar surface area (TPSA) is 43.8 Å². The lowest BCUT2D eigenvalue weighted by atomic mass is 10.0. The molecular formula is C15H19N3. The standard InChI is InChI=1S/C15H19N3/c1-18-14(16)13(11-7-5-6-8-11)17-15(18)12-9-3-2-4-10-12/h2-4,9-11H,5-8,16H2,1H3. The summed E-state index contributed by atoms with van der Waals surface area (Å²) in [6.45, 7) is 0. The average molecular weight is 241 g/mol. The fraction of sp³-hybridized carbons (Fsp3) is 0.400. The summed E-state index contributed by atoms with van der Waals surface area (Å²) in [5, 5.41) is 0. The summed E-state index contributed by atoms with van der Waals surface area (Å²) in [6, 6.07) is 10.3. The molecule has 2 aromatic rings. The van der Waals surface area contributed by atoms with Crippen LogP contribution in [0, 0.1) is 0 Å². The number of nitrogens with two attached hydrogens (primary N) is 1. The van der Waals surface area contributed by atoms with E-state index in [2.05, 4.69) is 12.1 Å². The third-order valence-electron chi connectivity index (χ3n) is 3.94. The van der Waals surface area contributed by atoms with Crippen molar-refractivity contribution in [1.29, 1.82) is 0 Å². The molecule has 18 heavy (non-hydrogen) atoms. The number of anilines is 1. The highest BCUT2D eigenvalue weighted by molar-refractivity contribution is 5.60. The SMILES string of the molecule is Cn1c(-c2ccccc2)nc(C2CCCC2)c1N. The van der Waals surface area contributed by atoms with Crippen LogP contribution in [-0.2, 0) is 7.05 Å². The van der Waals surface area contributed by atoms with Crippen LogP contribution in [0.4, 0.5) is 5.82 Å². The highest BCUT2D eigenvalue weighted by Gasteiger charge is 2.24. The molecule has 0 amide bonds. The Balaban J connectivity index is 2.04. The van der Waals surface area contributed by atoms with Gasteiger partial charge in [-0.25, -0.2) is 4.98 Å². The molecule has 0 atom stereocenters. The van der Waals surface area contributed by atoms with Crippen molar-refractivity contribution in [2.45, 2.75) is 31.6 Å². The maximum absolute atomic E-state index is 6.22. The minimum absolute atomic E-state index is 0.564. The third kappa shape index (κ3) is 1.80. The molecule has 1 saturated carbocycles. The fourth-order valence-electron chi connectivity index (χ4n) is 2.88. The van der Waals surface area contributed by atoms with Gasteiger partial charge in [0.15, 0.2) is 0 Å². The number of hydrogen-bond donors (Lipinski definition) is 1. The van der Waals surface area contributed by atoms with Crippen molar-refractivity contribution in [3.8, 4) is 11.4 Å². The first kappa shape index (κ1) is 11.3. The number of rotatable bonds is 2. The average Bonchev–Trinajstić information content (AvgIpc) is 3.01. The van der Waals surface area contributed by atoms with E-state index in [9.17, 15) is 0 Å². The van der Waals surface area contributed by atoms with E-state index in [0.717, 1.165) is 22.9 Å². The molecule has 0 aliphatic heterocycles. The molecule has 1 aromatic heterocycles. The van der Waals surface area contributed by atoms with E-state index < -0.39 is 0 Å². The number of nitrogen functional groups attached to an aromatic ring is 1. The minimum Gasteiger partial charge on any atom is -0.384 e. The summed E-state index contributed by atoms with van der Waals surface area (Å²) < 4.78 is 2.02. The number of imidazole rings is 1. The van der Waals surface area contributed by atoms with E-state index in [-0.39, 0.29) is 0 Å². The van der Waals surface area contributed by atoms with Crippen molar-refractivity contribution in [1.82, 2.24) is 9.55 Å². The summed E-state index contributed by atoms with van der Waals surface area (Å²) in [4.78, 5) is 4.80. The van der Waals surface area contributed by atoms with Crippen molar-refractivity contribution in [3.05, 3.63) is 36.0 Å². The van der Waals surface area contributed by atoms with Gasteiger partial charge in [-0.2, -0.15) is 0 Å². The second kappa shape index (κ2) is 4.48. The van der Waals surface area contributed by atoms with E-state index >= 15 is 0 Å². The molecule has 0 unspecified atom stereocenters. The van der Waals surface area contributed by atoms with Gasteiger partial charge in [0.2, 0.25) is 0 Å². The summed E-state index contributed by atoms with van der Waals surface area (Å²) >= 11 is 0. The number of benzene rings is 1. The van der Waals surface area contributed by atoms with Crippen LogP contribution in [-0.4, -0.2) is 9.55 Å². The van der Waals surface area contributed by atoms with Crippen LogP contribution in [0.15, 0.2) is 30.3 Å². The van der Waals surface area contributed by atoms with Gasteiger partial charge in [-0.1, -0.05) is 43.2 Å². The second-order valence-corrected chi connectivity index (χ2v) is 5.11. The van der Waals surface area contributed by atoms with Gasteiger partial charge in [-0.3, -0.25) is 0 Å². The first-order valence-corrected chi connectivity index (χ1v) is 6.65. The van der Waals surface area contributed by atoms with Crippen LogP contribution in [0.2, 0.25) is 0 Å². The Morgan fingerprint density at radius 2 is 1.83 bits per heavy atom. The van der Waals surface area contributed by atoms with Gasteiger partial charge in [-0.05, 0) is 12.8 Å². The van der Waals surface area contributed by atoms with Crippen molar-refractivity contribution in [2.24, 2.45) is 7.05 Å². The lowest BCUT2D eigenvalue weighted by Gasteiger charge is -2.06. The lowest BCUT2D eigenvalue weighted by molar-refractivity contribution is 0.704. The van der Waals surface area contributed by atoms with Crippen LogP contribution in [0.1, 0.15) is 37.3 Å². The second-order valence-electron chi connectivity index (χ2n) is 5.11. The van der Waals surface area contributed by atoms with E-state index in [0.29, 0.717) is 5.92 Å². The zero-order valence-electron chi connectivity index (χ0n) is 10.8. The summed E-state index contributed by atoms with van der Waals surface area (Å²) in [7, 11) is 2.00. The van der Waals surface area contributed by atoms with Gasteiger partial charge in [0.05, 0.1) is 5.69 Å². The minimum atomic E-state index is 0.564. The molecule has 0 radical (unpaired) electrons. The monoisotopic (exact) mass is 241 g/mol. The Kier molecular flexibility index (Phi) is 2.82. The Morgan fingerprint density at radius 3 is 2.50 bits per heavy atom. The van der Waals surface area contributed by atoms with Gasteiger partial charge < -0.3 is 10.3 Å². The summed E-state index contributed by atoms with van der Waals surface area (Å²) in [5.41, 5.74) is 8.46. The van der Waals surface area contributed by atoms with Gasteiger partial charge in [0.25, 0.3) is 0 Å². The molecule has 2 N–H and O–H groups in total. The van der Waals surface area contributed by atoms with Crippen LogP contribution in [0.25, 0.3) is 11.4 Å². The largest absolute Gasteiger partial charge is 0.384 e. The molecule has 1 aliphatic carbocycles. The Hall–Kier alpha value is -1.77. The van der Waals surface area contributed by atoms with Crippen LogP contribution >= 0.6 is 0 Å². The molecule has 0 spiro atoms. The number of hydrogen-bond acceptors (Lipinski definition) is 2. The molecule has 1 heterocycles. The van der Waals surface area contributed by atoms with Crippen molar-refractivity contribution in [2.75, 3.05) is 5.73 Å². The van der Waals surface area contributed by atoms with Crippen LogP contribution in [0.3, 0.4) is 0 Å². The molecule has 0 saturated heterocycles. The van der Waals surface area contributed by atoms with Gasteiger partial charge in [0, 0.05) is 18.5 Å². The summed E-state index contributed by atoms with van der Waals surface area (Å²) in [5.74, 6) is 2.38. The van der Waals surface area contributed by atoms with E-state index in [1.54, 1.807) is 0 Å². The van der Waals surface area contributed by atoms with Gasteiger partial charge in [-0.15, -0.1) is 0 Å². The number of nitrogens with zero attached hydrogens (tertiary/aromatic N) is 2. The predicted molar refractivity (Wildman–Crippen MR) is 74.3 cm³/mol. The molecule has 3 rings (SSSR count). The Morgan fingerprint density at radius 1 is 1.17 bits per heavy atom. The molecule has 3 heteroatoms. The molecule has 1 aliphatic rings. The maximum Gasteiger partial charge on any atom is 0.141 e. The normalized spacial score (nSPS) is 16.3. The van der Waals surface area contributed by atoms with Crippen molar-refractivity contribution >= 4 is 5.82 Å². The van der Waals surface area contributed by atoms with E-state index in [1.165, 1.54) is 25.7 Å². The fourth-order valence-corrected chi connectivity index (χ4v) is 2.88. The van der Waals surface area contributed by atoms with Gasteiger partial charge >= 0.3 is 0 Å². The highest BCUT2D eigenvalue weighted by Crippen LogP contribution is 2.37. The first-order valence-electron chi connectivity index (χ1n) is 6.65. The van der Waals surface area contributed by atoms with Crippen molar-refractivity contribution < 1.29 is 0 Å². The highest BCUT2D eigenvalue weighted by atomic mass is 15.1. The smallest absolute Gasteiger partial charge is 0.141 e. The maximum atomic E-state index is 6.22. The molecule has 3 nitrogen and oxygen atoms in total. The van der Waals surface area contributed by atoms with Crippen LogP contribution < -0.4 is 5.73 Å².